The molecule has 0 aliphatic heterocycles. The van der Waals surface area contributed by atoms with E-state index in [1.807, 2.05) is 18.2 Å². The van der Waals surface area contributed by atoms with Crippen molar-refractivity contribution in [3.63, 3.8) is 0 Å². The number of aromatic nitrogens is 2. The highest BCUT2D eigenvalue weighted by atomic mass is 32.2. The fraction of sp³-hybridized carbons (Fsp3) is 0. The van der Waals surface area contributed by atoms with Crippen molar-refractivity contribution in [3.8, 4) is 0 Å². The van der Waals surface area contributed by atoms with Gasteiger partial charge >= 0.3 is 0 Å². The molecule has 4 heteroatoms. The number of nitrogens with zero attached hydrogens (tertiary/aromatic N) is 2. The highest BCUT2D eigenvalue weighted by molar-refractivity contribution is 7.88. The highest BCUT2D eigenvalue weighted by Crippen LogP contribution is 2.06. The second kappa shape index (κ2) is 5.32. The molecule has 0 N–H and O–H groups in total. The maximum Gasteiger partial charge on any atom is 0.131 e. The molecule has 0 fully saturated rings. The zero-order valence-corrected chi connectivity index (χ0v) is 9.30. The summed E-state index contributed by atoms with van der Waals surface area (Å²) in [6, 6.07) is 9.09. The molecule has 1 atom stereocenters. The van der Waals surface area contributed by atoms with Crippen molar-refractivity contribution in [1.29, 1.82) is 0 Å². The summed E-state index contributed by atoms with van der Waals surface area (Å²) in [6.45, 7) is 0. The van der Waals surface area contributed by atoms with E-state index in [1.54, 1.807) is 42.2 Å². The predicted molar refractivity (Wildman–Crippen MR) is 63.9 cm³/mol. The number of hydrogen-bond donors (Lipinski definition) is 0. The third-order valence-corrected chi connectivity index (χ3v) is 2.95. The van der Waals surface area contributed by atoms with E-state index in [-0.39, 0.29) is 0 Å². The minimum atomic E-state index is -1.20. The standard InChI is InChI=1S/C12H10N2OS/c15-16(12-5-1-2-8-14-12)9-6-11-4-3-7-13-10-11/h1-10H/b9-6+. The summed E-state index contributed by atoms with van der Waals surface area (Å²) in [5, 5.41) is 2.17. The van der Waals surface area contributed by atoms with Crippen LogP contribution in [0.4, 0.5) is 0 Å². The van der Waals surface area contributed by atoms with Crippen LogP contribution in [0.1, 0.15) is 5.56 Å². The van der Waals surface area contributed by atoms with Gasteiger partial charge in [-0.1, -0.05) is 12.1 Å². The molecule has 0 aliphatic carbocycles. The maximum atomic E-state index is 11.8. The molecule has 3 nitrogen and oxygen atoms in total. The molecular weight excluding hydrogens is 220 g/mol. The Balaban J connectivity index is 2.12. The lowest BCUT2D eigenvalue weighted by Crippen LogP contribution is -1.89. The molecule has 0 spiro atoms. The zero-order valence-electron chi connectivity index (χ0n) is 8.48. The lowest BCUT2D eigenvalue weighted by Gasteiger charge is -1.94. The van der Waals surface area contributed by atoms with Gasteiger partial charge in [-0.2, -0.15) is 0 Å². The molecule has 0 amide bonds. The smallest absolute Gasteiger partial charge is 0.131 e. The Hall–Kier alpha value is -1.81. The van der Waals surface area contributed by atoms with Gasteiger partial charge in [0, 0.05) is 24.0 Å². The Morgan fingerprint density at radius 3 is 2.75 bits per heavy atom. The molecular formula is C12H10N2OS. The van der Waals surface area contributed by atoms with Crippen LogP contribution in [0.2, 0.25) is 0 Å². The zero-order chi connectivity index (χ0) is 11.2. The van der Waals surface area contributed by atoms with E-state index in [1.165, 1.54) is 0 Å². The molecule has 0 bridgehead atoms. The SMILES string of the molecule is O=S(/C=C/c1cccnc1)c1ccccn1. The summed E-state index contributed by atoms with van der Waals surface area (Å²) >= 11 is 0. The molecule has 1 unspecified atom stereocenters. The van der Waals surface area contributed by atoms with Crippen molar-refractivity contribution in [1.82, 2.24) is 9.97 Å². The maximum absolute atomic E-state index is 11.8. The number of hydrogen-bond acceptors (Lipinski definition) is 3. The van der Waals surface area contributed by atoms with Gasteiger partial charge in [-0.3, -0.25) is 4.98 Å². The lowest BCUT2D eigenvalue weighted by molar-refractivity contribution is 0.686. The van der Waals surface area contributed by atoms with Gasteiger partial charge in [-0.15, -0.1) is 0 Å². The average molecular weight is 230 g/mol. The van der Waals surface area contributed by atoms with Crippen LogP contribution in [0.15, 0.2) is 59.4 Å². The second-order valence-electron chi connectivity index (χ2n) is 3.05. The van der Waals surface area contributed by atoms with Gasteiger partial charge in [0.05, 0.1) is 10.8 Å². The third-order valence-electron chi connectivity index (χ3n) is 1.91. The normalized spacial score (nSPS) is 12.8. The van der Waals surface area contributed by atoms with Crippen LogP contribution in [-0.4, -0.2) is 14.2 Å². The van der Waals surface area contributed by atoms with Gasteiger partial charge in [-0.05, 0) is 29.8 Å². The number of pyridine rings is 2. The van der Waals surface area contributed by atoms with Gasteiger partial charge in [0.1, 0.15) is 5.03 Å². The Labute approximate surface area is 96.3 Å². The van der Waals surface area contributed by atoms with E-state index >= 15 is 0 Å². The van der Waals surface area contributed by atoms with E-state index in [0.29, 0.717) is 5.03 Å². The summed E-state index contributed by atoms with van der Waals surface area (Å²) in [5.41, 5.74) is 0.923. The number of rotatable bonds is 3. The van der Waals surface area contributed by atoms with Gasteiger partial charge in [0.25, 0.3) is 0 Å². The summed E-state index contributed by atoms with van der Waals surface area (Å²) in [5.74, 6) is 0. The van der Waals surface area contributed by atoms with E-state index in [0.717, 1.165) is 5.56 Å². The minimum Gasteiger partial charge on any atom is -0.264 e. The van der Waals surface area contributed by atoms with Crippen LogP contribution in [0.5, 0.6) is 0 Å². The van der Waals surface area contributed by atoms with Crippen LogP contribution in [0, 0.1) is 0 Å². The molecule has 2 heterocycles. The molecule has 0 radical (unpaired) electrons. The minimum absolute atomic E-state index is 0.558. The Morgan fingerprint density at radius 2 is 2.06 bits per heavy atom. The van der Waals surface area contributed by atoms with Crippen molar-refractivity contribution < 1.29 is 4.21 Å². The van der Waals surface area contributed by atoms with Crippen molar-refractivity contribution in [3.05, 3.63) is 59.9 Å². The Bertz CT molecular complexity index is 497. The fourth-order valence-corrected chi connectivity index (χ4v) is 1.95. The molecule has 0 saturated carbocycles. The lowest BCUT2D eigenvalue weighted by atomic mass is 10.3. The molecule has 0 saturated heterocycles. The molecule has 2 aromatic heterocycles. The van der Waals surface area contributed by atoms with Gasteiger partial charge in [-0.25, -0.2) is 9.19 Å². The monoisotopic (exact) mass is 230 g/mol. The van der Waals surface area contributed by atoms with E-state index in [4.69, 9.17) is 0 Å². The first-order chi connectivity index (χ1) is 7.86. The topological polar surface area (TPSA) is 42.9 Å². The van der Waals surface area contributed by atoms with Crippen LogP contribution in [-0.2, 0) is 10.8 Å². The van der Waals surface area contributed by atoms with Crippen LogP contribution < -0.4 is 0 Å². The first-order valence-electron chi connectivity index (χ1n) is 4.76. The first-order valence-corrected chi connectivity index (χ1v) is 5.97. The van der Waals surface area contributed by atoms with E-state index < -0.39 is 10.8 Å². The van der Waals surface area contributed by atoms with Gasteiger partial charge < -0.3 is 0 Å². The van der Waals surface area contributed by atoms with E-state index in [9.17, 15) is 4.21 Å². The average Bonchev–Trinajstić information content (AvgIpc) is 2.38. The van der Waals surface area contributed by atoms with E-state index in [2.05, 4.69) is 9.97 Å². The van der Waals surface area contributed by atoms with Gasteiger partial charge in [0.15, 0.2) is 0 Å². The van der Waals surface area contributed by atoms with Crippen molar-refractivity contribution in [2.45, 2.75) is 5.03 Å². The van der Waals surface area contributed by atoms with Crippen LogP contribution in [0.3, 0.4) is 0 Å². The summed E-state index contributed by atoms with van der Waals surface area (Å²) < 4.78 is 11.8. The molecule has 16 heavy (non-hydrogen) atoms. The summed E-state index contributed by atoms with van der Waals surface area (Å²) in [4.78, 5) is 7.99. The second-order valence-corrected chi connectivity index (χ2v) is 4.34. The third kappa shape index (κ3) is 2.84. The first kappa shape index (κ1) is 10.7. The molecule has 2 aromatic rings. The Morgan fingerprint density at radius 1 is 1.12 bits per heavy atom. The predicted octanol–water partition coefficient (Wildman–Crippen LogP) is 2.26. The van der Waals surface area contributed by atoms with Crippen molar-refractivity contribution in [2.75, 3.05) is 0 Å². The molecule has 0 aromatic carbocycles. The molecule has 0 aliphatic rings. The van der Waals surface area contributed by atoms with Crippen molar-refractivity contribution >= 4 is 16.9 Å². The van der Waals surface area contributed by atoms with Crippen LogP contribution in [0.25, 0.3) is 6.08 Å². The molecule has 80 valence electrons. The summed E-state index contributed by atoms with van der Waals surface area (Å²) in [7, 11) is -1.20. The molecule has 2 rings (SSSR count). The van der Waals surface area contributed by atoms with Gasteiger partial charge in [0.2, 0.25) is 0 Å². The highest BCUT2D eigenvalue weighted by Gasteiger charge is 1.98. The van der Waals surface area contributed by atoms with Crippen LogP contribution >= 0.6 is 0 Å². The largest absolute Gasteiger partial charge is 0.264 e. The fourth-order valence-electron chi connectivity index (χ4n) is 1.15. The quantitative estimate of drug-likeness (QED) is 0.812. The Kier molecular flexibility index (Phi) is 3.56. The van der Waals surface area contributed by atoms with Crippen molar-refractivity contribution in [2.24, 2.45) is 0 Å². The summed E-state index contributed by atoms with van der Waals surface area (Å²) in [6.07, 6.45) is 6.82.